The lowest BCUT2D eigenvalue weighted by molar-refractivity contribution is -0.138. The van der Waals surface area contributed by atoms with Crippen LogP contribution in [0.25, 0.3) is 0 Å². The van der Waals surface area contributed by atoms with Gasteiger partial charge >= 0.3 is 6.18 Å². The Morgan fingerprint density at radius 3 is 2.43 bits per heavy atom. The fourth-order valence-electron chi connectivity index (χ4n) is 4.78. The summed E-state index contributed by atoms with van der Waals surface area (Å²) in [6, 6.07) is 15.6. The van der Waals surface area contributed by atoms with Crippen molar-refractivity contribution in [1.29, 1.82) is 0 Å². The minimum atomic E-state index is -4.52. The molecule has 1 aliphatic heterocycles. The van der Waals surface area contributed by atoms with E-state index in [2.05, 4.69) is 4.98 Å². The van der Waals surface area contributed by atoms with Crippen LogP contribution in [-0.2, 0) is 27.2 Å². The third-order valence-electron chi connectivity index (χ3n) is 6.75. The summed E-state index contributed by atoms with van der Waals surface area (Å²) in [6.07, 6.45) is -2.85. The number of likely N-dealkylation sites (tertiary alicyclic amines) is 1. The monoisotopic (exact) mass is 550 g/mol. The molecule has 0 saturated carbocycles. The molecular formula is C27H26ClF3N2O3S. The van der Waals surface area contributed by atoms with Gasteiger partial charge in [0.2, 0.25) is 5.91 Å². The maximum atomic E-state index is 13.8. The van der Waals surface area contributed by atoms with E-state index in [9.17, 15) is 26.4 Å². The molecule has 37 heavy (non-hydrogen) atoms. The van der Waals surface area contributed by atoms with E-state index < -0.39 is 27.5 Å². The van der Waals surface area contributed by atoms with Crippen LogP contribution in [0.2, 0.25) is 5.02 Å². The van der Waals surface area contributed by atoms with E-state index in [1.165, 1.54) is 24.4 Å². The van der Waals surface area contributed by atoms with Gasteiger partial charge in [0, 0.05) is 48.3 Å². The van der Waals surface area contributed by atoms with Crippen LogP contribution in [0, 0.1) is 0 Å². The van der Waals surface area contributed by atoms with Gasteiger partial charge in [0.05, 0.1) is 16.2 Å². The molecule has 5 nitrogen and oxygen atoms in total. The number of alkyl halides is 3. The maximum Gasteiger partial charge on any atom is 0.416 e. The summed E-state index contributed by atoms with van der Waals surface area (Å²) in [5.74, 6) is -1.15. The van der Waals surface area contributed by atoms with Gasteiger partial charge in [0.25, 0.3) is 0 Å². The summed E-state index contributed by atoms with van der Waals surface area (Å²) in [5.41, 5.74) is 0.796. The Kier molecular flexibility index (Phi) is 7.94. The normalized spacial score (nSPS) is 18.2. The average molecular weight is 551 g/mol. The number of hydrogen-bond donors (Lipinski definition) is 0. The van der Waals surface area contributed by atoms with E-state index in [0.29, 0.717) is 10.7 Å². The topological polar surface area (TPSA) is 67.3 Å². The summed E-state index contributed by atoms with van der Waals surface area (Å²) in [7, 11) is -3.37. The van der Waals surface area contributed by atoms with Crippen LogP contribution < -0.4 is 0 Å². The molecule has 1 aromatic heterocycles. The van der Waals surface area contributed by atoms with Gasteiger partial charge < -0.3 is 4.90 Å². The van der Waals surface area contributed by atoms with Crippen LogP contribution in [-0.4, -0.2) is 43.1 Å². The van der Waals surface area contributed by atoms with Crippen molar-refractivity contribution >= 4 is 27.3 Å². The Morgan fingerprint density at radius 2 is 1.78 bits per heavy atom. The Labute approximate surface area is 219 Å². The zero-order valence-corrected chi connectivity index (χ0v) is 21.7. The molecule has 2 atom stereocenters. The molecule has 2 aromatic carbocycles. The first-order valence-electron chi connectivity index (χ1n) is 11.9. The van der Waals surface area contributed by atoms with Crippen molar-refractivity contribution in [2.75, 3.05) is 18.8 Å². The first kappa shape index (κ1) is 27.1. The summed E-state index contributed by atoms with van der Waals surface area (Å²) >= 11 is 6.18. The molecule has 2 heterocycles. The molecule has 0 N–H and O–H groups in total. The summed E-state index contributed by atoms with van der Waals surface area (Å²) in [6.45, 7) is 1.95. The van der Waals surface area contributed by atoms with E-state index in [-0.39, 0.29) is 54.0 Å². The zero-order chi connectivity index (χ0) is 26.8. The molecule has 0 bridgehead atoms. The third kappa shape index (κ3) is 6.15. The van der Waals surface area contributed by atoms with E-state index in [4.69, 9.17) is 11.6 Å². The van der Waals surface area contributed by atoms with Crippen LogP contribution >= 0.6 is 11.6 Å². The van der Waals surface area contributed by atoms with Gasteiger partial charge in [-0.1, -0.05) is 48.9 Å². The van der Waals surface area contributed by atoms with Gasteiger partial charge in [-0.3, -0.25) is 9.78 Å². The highest BCUT2D eigenvalue weighted by molar-refractivity contribution is 7.91. The highest BCUT2D eigenvalue weighted by atomic mass is 35.5. The first-order chi connectivity index (χ1) is 17.5. The zero-order valence-electron chi connectivity index (χ0n) is 20.1. The molecule has 3 aromatic rings. The SMILES string of the molecule is CCS(=O)(=O)c1ccc(CCC(=O)N2CC(c3cccc(Cl)c3)C(c3ccccc3C(F)(F)F)C2)nc1. The number of carbonyl (C=O) groups is 1. The predicted molar refractivity (Wildman–Crippen MR) is 135 cm³/mol. The van der Waals surface area contributed by atoms with Crippen molar-refractivity contribution in [3.05, 3.63) is 94.3 Å². The molecule has 4 rings (SSSR count). The third-order valence-corrected chi connectivity index (χ3v) is 8.70. The molecule has 0 spiro atoms. The Morgan fingerprint density at radius 1 is 1.05 bits per heavy atom. The Bertz CT molecular complexity index is 1380. The first-order valence-corrected chi connectivity index (χ1v) is 13.9. The lowest BCUT2D eigenvalue weighted by Gasteiger charge is -2.23. The number of aromatic nitrogens is 1. The number of halogens is 4. The quantitative estimate of drug-likeness (QED) is 0.368. The van der Waals surface area contributed by atoms with Gasteiger partial charge in [-0.15, -0.1) is 0 Å². The number of carbonyl (C=O) groups excluding carboxylic acids is 1. The average Bonchev–Trinajstić information content (AvgIpc) is 3.33. The predicted octanol–water partition coefficient (Wildman–Crippen LogP) is 5.89. The number of sulfone groups is 1. The van der Waals surface area contributed by atoms with Gasteiger partial charge in [-0.2, -0.15) is 13.2 Å². The summed E-state index contributed by atoms with van der Waals surface area (Å²) < 4.78 is 65.5. The van der Waals surface area contributed by atoms with Crippen LogP contribution in [0.4, 0.5) is 13.2 Å². The number of rotatable bonds is 7. The minimum Gasteiger partial charge on any atom is -0.341 e. The molecule has 1 fully saturated rings. The van der Waals surface area contributed by atoms with E-state index >= 15 is 0 Å². The number of pyridine rings is 1. The lowest BCUT2D eigenvalue weighted by Crippen LogP contribution is -2.29. The molecular weight excluding hydrogens is 525 g/mol. The molecule has 196 valence electrons. The number of amides is 1. The fourth-order valence-corrected chi connectivity index (χ4v) is 5.80. The number of benzene rings is 2. The molecule has 1 saturated heterocycles. The molecule has 1 amide bonds. The summed E-state index contributed by atoms with van der Waals surface area (Å²) in [5, 5.41) is 0.477. The molecule has 2 unspecified atom stereocenters. The molecule has 0 radical (unpaired) electrons. The Balaban J connectivity index is 1.55. The van der Waals surface area contributed by atoms with Crippen molar-refractivity contribution in [1.82, 2.24) is 9.88 Å². The van der Waals surface area contributed by atoms with Crippen molar-refractivity contribution in [2.24, 2.45) is 0 Å². The van der Waals surface area contributed by atoms with Crippen LogP contribution in [0.15, 0.2) is 71.8 Å². The molecule has 1 aliphatic rings. The fraction of sp³-hybridized carbons (Fsp3) is 0.333. The van der Waals surface area contributed by atoms with Crippen molar-refractivity contribution in [2.45, 2.75) is 42.7 Å². The molecule has 0 aliphatic carbocycles. The van der Waals surface area contributed by atoms with Crippen LogP contribution in [0.5, 0.6) is 0 Å². The smallest absolute Gasteiger partial charge is 0.341 e. The second-order valence-corrected chi connectivity index (χ2v) is 11.8. The number of hydrogen-bond acceptors (Lipinski definition) is 4. The lowest BCUT2D eigenvalue weighted by atomic mass is 9.82. The Hall–Kier alpha value is -2.91. The number of aryl methyl sites for hydroxylation is 1. The van der Waals surface area contributed by atoms with Crippen molar-refractivity contribution in [3.63, 3.8) is 0 Å². The van der Waals surface area contributed by atoms with Crippen molar-refractivity contribution in [3.8, 4) is 0 Å². The highest BCUT2D eigenvalue weighted by Gasteiger charge is 2.42. The maximum absolute atomic E-state index is 13.8. The standard InChI is InChI=1S/C27H26ClF3N2O3S/c1-2-37(35,36)21-12-10-20(32-15-21)11-13-26(34)33-16-23(18-6-5-7-19(28)14-18)24(17-33)22-8-3-4-9-25(22)27(29,30)31/h3-10,12,14-15,23-24H,2,11,13,16-17H2,1H3. The van der Waals surface area contributed by atoms with E-state index in [1.807, 2.05) is 6.07 Å². The van der Waals surface area contributed by atoms with Crippen LogP contribution in [0.1, 0.15) is 47.6 Å². The summed E-state index contributed by atoms with van der Waals surface area (Å²) in [4.78, 5) is 19.0. The van der Waals surface area contributed by atoms with Gasteiger partial charge in [0.1, 0.15) is 0 Å². The van der Waals surface area contributed by atoms with Gasteiger partial charge in [-0.25, -0.2) is 8.42 Å². The van der Waals surface area contributed by atoms with Crippen LogP contribution in [0.3, 0.4) is 0 Å². The van der Waals surface area contributed by atoms with E-state index in [1.54, 1.807) is 42.2 Å². The van der Waals surface area contributed by atoms with Crippen molar-refractivity contribution < 1.29 is 26.4 Å². The minimum absolute atomic E-state index is 0.0338. The van der Waals surface area contributed by atoms with E-state index in [0.717, 1.165) is 11.6 Å². The number of nitrogens with zero attached hydrogens (tertiary/aromatic N) is 2. The highest BCUT2D eigenvalue weighted by Crippen LogP contribution is 2.45. The second kappa shape index (κ2) is 10.8. The molecule has 10 heteroatoms. The van der Waals surface area contributed by atoms with Gasteiger partial charge in [-0.05, 0) is 47.9 Å². The second-order valence-electron chi connectivity index (χ2n) is 9.04. The van der Waals surface area contributed by atoms with Gasteiger partial charge in [0.15, 0.2) is 9.84 Å². The largest absolute Gasteiger partial charge is 0.416 e.